The molecular weight excluding hydrogens is 571 g/mol. The number of ether oxygens (including phenoxy) is 1. The number of aromatic amines is 1. The molecule has 0 spiro atoms. The van der Waals surface area contributed by atoms with E-state index in [0.29, 0.717) is 11.4 Å². The van der Waals surface area contributed by atoms with E-state index in [9.17, 15) is 28.7 Å². The predicted molar refractivity (Wildman–Crippen MR) is 124 cm³/mol. The van der Waals surface area contributed by atoms with Gasteiger partial charge in [-0.1, -0.05) is 0 Å². The lowest BCUT2D eigenvalue weighted by Gasteiger charge is -2.24. The fourth-order valence-corrected chi connectivity index (χ4v) is 10.1. The molecule has 204 valence electrons. The van der Waals surface area contributed by atoms with E-state index in [1.807, 2.05) is 0 Å². The van der Waals surface area contributed by atoms with Crippen molar-refractivity contribution in [2.45, 2.75) is 24.5 Å². The maximum atomic E-state index is 12.9. The number of aliphatic hydroxyl groups excluding tert-OH is 2. The first-order chi connectivity index (χ1) is 16.8. The number of phosphoric ester groups is 2. The summed E-state index contributed by atoms with van der Waals surface area (Å²) in [5.41, 5.74) is 4.81. The van der Waals surface area contributed by atoms with Crippen molar-refractivity contribution < 1.29 is 55.4 Å². The average molecular weight is 595 g/mol. The summed E-state index contributed by atoms with van der Waals surface area (Å²) < 4.78 is 73.5. The smallest absolute Gasteiger partial charge is 0.387 e. The van der Waals surface area contributed by atoms with Crippen LogP contribution in [-0.4, -0.2) is 82.2 Å². The summed E-state index contributed by atoms with van der Waals surface area (Å²) >= 11 is 0.404. The zero-order valence-corrected chi connectivity index (χ0v) is 22.6. The molecule has 3 rings (SSSR count). The molecule has 0 amide bonds. The number of H-pyrrole nitrogens is 1. The molecule has 2 aromatic heterocycles. The minimum Gasteiger partial charge on any atom is -0.387 e. The van der Waals surface area contributed by atoms with Crippen molar-refractivity contribution in [3.63, 3.8) is 0 Å². The lowest BCUT2D eigenvalue weighted by molar-refractivity contribution is -0.0506. The number of nitrogen functional groups attached to an aromatic ring is 1. The Bertz CT molecular complexity index is 1280. The molecule has 2 unspecified atom stereocenters. The highest BCUT2D eigenvalue weighted by molar-refractivity contribution is 8.55. The van der Waals surface area contributed by atoms with Gasteiger partial charge in [0, 0.05) is 21.3 Å². The van der Waals surface area contributed by atoms with E-state index in [1.54, 1.807) is 0 Å². The van der Waals surface area contributed by atoms with Crippen molar-refractivity contribution in [3.8, 4) is 0 Å². The maximum absolute atomic E-state index is 12.9. The van der Waals surface area contributed by atoms with E-state index in [2.05, 4.69) is 24.0 Å². The van der Waals surface area contributed by atoms with E-state index >= 15 is 0 Å². The second kappa shape index (κ2) is 11.3. The Morgan fingerprint density at radius 1 is 1.14 bits per heavy atom. The Morgan fingerprint density at radius 3 is 2.33 bits per heavy atom. The van der Waals surface area contributed by atoms with Gasteiger partial charge in [-0.15, -0.1) is 0 Å². The first kappa shape index (κ1) is 29.4. The lowest BCUT2D eigenvalue weighted by Crippen LogP contribution is -2.33. The summed E-state index contributed by atoms with van der Waals surface area (Å²) in [6.45, 7) is -5.20. The predicted octanol–water partition coefficient (Wildman–Crippen LogP) is 0.997. The van der Waals surface area contributed by atoms with Gasteiger partial charge in [0.15, 0.2) is 17.4 Å². The lowest BCUT2D eigenvalue weighted by atomic mass is 10.1. The molecule has 0 aliphatic carbocycles. The number of phosphoric acid groups is 2. The molecule has 1 aliphatic heterocycles. The third-order valence-corrected chi connectivity index (χ3v) is 12.7. The molecule has 0 bridgehead atoms. The Hall–Kier alpha value is -1.17. The number of nitrogens with one attached hydrogen (secondary N) is 1. The summed E-state index contributed by atoms with van der Waals surface area (Å²) in [5, 5.41) is 21.0. The molecule has 1 fully saturated rings. The van der Waals surface area contributed by atoms with Gasteiger partial charge < -0.3 is 20.7 Å². The quantitative estimate of drug-likeness (QED) is 0.250. The van der Waals surface area contributed by atoms with E-state index in [-0.39, 0.29) is 17.1 Å². The molecule has 22 heteroatoms. The number of rotatable bonds is 12. The second-order valence-electron chi connectivity index (χ2n) is 6.85. The van der Waals surface area contributed by atoms with Crippen LogP contribution in [0.1, 0.15) is 6.23 Å². The normalized spacial score (nSPS) is 26.2. The fourth-order valence-electron chi connectivity index (χ4n) is 2.97. The number of nitrogens with zero attached hydrogens (tertiary/aromatic N) is 3. The summed E-state index contributed by atoms with van der Waals surface area (Å²) in [6.07, 6.45) is -3.41. The van der Waals surface area contributed by atoms with Crippen molar-refractivity contribution in [3.05, 3.63) is 16.7 Å². The number of hydrogen-bond acceptors (Lipinski definition) is 17. The summed E-state index contributed by atoms with van der Waals surface area (Å²) in [4.78, 5) is 22.1. The van der Waals surface area contributed by atoms with Crippen LogP contribution in [0.4, 0.5) is 5.95 Å². The second-order valence-corrected chi connectivity index (χ2v) is 15.0. The van der Waals surface area contributed by atoms with Crippen LogP contribution in [0.3, 0.4) is 0 Å². The number of hydrogen-bond donors (Lipinski definition) is 4. The summed E-state index contributed by atoms with van der Waals surface area (Å²) in [5.74, 6) is -0.215. The van der Waals surface area contributed by atoms with Crippen LogP contribution < -0.4 is 11.3 Å². The van der Waals surface area contributed by atoms with Gasteiger partial charge >= 0.3 is 22.4 Å². The van der Waals surface area contributed by atoms with Crippen molar-refractivity contribution >= 4 is 50.9 Å². The summed E-state index contributed by atoms with van der Waals surface area (Å²) in [6, 6.07) is 0. The standard InChI is InChI=1S/C14H24N5O13P3S/c1-26-33(23,27-2)31-35(25,36-4)32-34(24,28-3)29-5-7-9(20)10(21)13(30-7)19-6-16-8-11(19)17-14(15)18-12(8)22/h6-7,9-10,13,20-21H,5H2,1-4H3,(H3,15,17,18,22)/t7-,9-,10-,13-,34?,35?/m1/s1. The van der Waals surface area contributed by atoms with Gasteiger partial charge in [0.2, 0.25) is 5.95 Å². The van der Waals surface area contributed by atoms with Crippen LogP contribution in [-0.2, 0) is 45.1 Å². The highest BCUT2D eigenvalue weighted by Crippen LogP contribution is 2.77. The van der Waals surface area contributed by atoms with Gasteiger partial charge in [-0.05, 0) is 17.6 Å². The molecule has 0 aromatic carbocycles. The minimum absolute atomic E-state index is 0.0289. The van der Waals surface area contributed by atoms with Crippen molar-refractivity contribution in [2.24, 2.45) is 0 Å². The largest absolute Gasteiger partial charge is 0.482 e. The Morgan fingerprint density at radius 2 is 1.75 bits per heavy atom. The molecule has 0 saturated carbocycles. The fraction of sp³-hybridized carbons (Fsp3) is 0.643. The number of fused-ring (bicyclic) bond motifs is 1. The van der Waals surface area contributed by atoms with E-state index < -0.39 is 59.1 Å². The van der Waals surface area contributed by atoms with Crippen LogP contribution >= 0.6 is 33.8 Å². The molecule has 5 N–H and O–H groups in total. The number of imidazole rings is 1. The maximum Gasteiger partial charge on any atom is 0.482 e. The van der Waals surface area contributed by atoms with E-state index in [1.165, 1.54) is 10.8 Å². The molecule has 2 aromatic rings. The highest BCUT2D eigenvalue weighted by Gasteiger charge is 2.48. The van der Waals surface area contributed by atoms with E-state index in [4.69, 9.17) is 28.1 Å². The SMILES string of the molecule is COP(=O)(OC)OP(=O)(OP(=O)(OC)OC[C@H]1O[C@@H](n2cnc3c(=O)[nH]c(N)nc32)[C@H](O)[C@@H]1O)SC. The summed E-state index contributed by atoms with van der Waals surface area (Å²) in [7, 11) is -6.17. The van der Waals surface area contributed by atoms with Gasteiger partial charge in [-0.25, -0.2) is 18.7 Å². The first-order valence-electron chi connectivity index (χ1n) is 9.67. The average Bonchev–Trinajstić information content (AvgIpc) is 3.38. The van der Waals surface area contributed by atoms with Crippen LogP contribution in [0, 0.1) is 0 Å². The molecule has 0 radical (unpaired) electrons. The molecule has 1 aliphatic rings. The highest BCUT2D eigenvalue weighted by atomic mass is 32.7. The first-order valence-corrected chi connectivity index (χ1v) is 16.0. The Kier molecular flexibility index (Phi) is 9.22. The zero-order valence-electron chi connectivity index (χ0n) is 19.1. The van der Waals surface area contributed by atoms with Crippen LogP contribution in [0.15, 0.2) is 11.1 Å². The molecule has 3 heterocycles. The van der Waals surface area contributed by atoms with Crippen LogP contribution in [0.25, 0.3) is 11.2 Å². The zero-order chi connectivity index (χ0) is 26.9. The monoisotopic (exact) mass is 595 g/mol. The van der Waals surface area contributed by atoms with Gasteiger partial charge in [-0.2, -0.15) is 13.6 Å². The molecule has 36 heavy (non-hydrogen) atoms. The van der Waals surface area contributed by atoms with E-state index in [0.717, 1.165) is 27.7 Å². The Labute approximate surface area is 207 Å². The minimum atomic E-state index is -4.68. The van der Waals surface area contributed by atoms with Crippen LogP contribution in [0.5, 0.6) is 0 Å². The van der Waals surface area contributed by atoms with Gasteiger partial charge in [0.05, 0.1) is 12.9 Å². The molecular formula is C14H24N5O13P3S. The third-order valence-electron chi connectivity index (χ3n) is 4.75. The van der Waals surface area contributed by atoms with Crippen molar-refractivity contribution in [1.82, 2.24) is 19.5 Å². The van der Waals surface area contributed by atoms with Gasteiger partial charge in [0.25, 0.3) is 5.56 Å². The van der Waals surface area contributed by atoms with Crippen molar-refractivity contribution in [1.29, 1.82) is 0 Å². The van der Waals surface area contributed by atoms with Crippen LogP contribution in [0.2, 0.25) is 0 Å². The molecule has 18 nitrogen and oxygen atoms in total. The number of aromatic nitrogens is 4. The van der Waals surface area contributed by atoms with Gasteiger partial charge in [0.1, 0.15) is 18.3 Å². The molecule has 1 saturated heterocycles. The number of nitrogens with two attached hydrogens (primary N) is 1. The molecule has 6 atom stereocenters. The Balaban J connectivity index is 1.76. The number of aliphatic hydroxyl groups is 2. The number of anilines is 1. The van der Waals surface area contributed by atoms with Gasteiger partial charge in [-0.3, -0.25) is 32.4 Å². The van der Waals surface area contributed by atoms with Crippen molar-refractivity contribution in [2.75, 3.05) is 39.9 Å². The topological polar surface area (TPSA) is 246 Å². The third kappa shape index (κ3) is 6.10.